The summed E-state index contributed by atoms with van der Waals surface area (Å²) in [5.41, 5.74) is 5.58. The van der Waals surface area contributed by atoms with Crippen molar-refractivity contribution < 1.29 is 9.53 Å². The van der Waals surface area contributed by atoms with Crippen molar-refractivity contribution in [2.24, 2.45) is 0 Å². The molecule has 2 amide bonds. The van der Waals surface area contributed by atoms with Crippen LogP contribution in [0.5, 0.6) is 5.75 Å². The van der Waals surface area contributed by atoms with E-state index in [9.17, 15) is 4.79 Å². The number of rotatable bonds is 2. The molecule has 1 heterocycles. The maximum atomic E-state index is 12.2. The van der Waals surface area contributed by atoms with Gasteiger partial charge in [-0.2, -0.15) is 0 Å². The van der Waals surface area contributed by atoms with E-state index in [0.717, 1.165) is 35.4 Å². The van der Waals surface area contributed by atoms with Gasteiger partial charge in [-0.1, -0.05) is 42.5 Å². The lowest BCUT2D eigenvalue weighted by Crippen LogP contribution is -2.44. The van der Waals surface area contributed by atoms with Crippen molar-refractivity contribution >= 4 is 11.7 Å². The van der Waals surface area contributed by atoms with Gasteiger partial charge in [-0.15, -0.1) is 0 Å². The molecule has 1 aliphatic heterocycles. The van der Waals surface area contributed by atoms with Gasteiger partial charge in [-0.05, 0) is 30.0 Å². The summed E-state index contributed by atoms with van der Waals surface area (Å²) >= 11 is 0. The number of para-hydroxylation sites is 1. The summed E-state index contributed by atoms with van der Waals surface area (Å²) in [4.78, 5) is 12.2. The van der Waals surface area contributed by atoms with Gasteiger partial charge in [0, 0.05) is 11.1 Å². The average Bonchev–Trinajstić information content (AvgIpc) is 2.61. The number of urea groups is 1. The highest BCUT2D eigenvalue weighted by Gasteiger charge is 2.33. The summed E-state index contributed by atoms with van der Waals surface area (Å²) in [5, 5.41) is 6.05. The zero-order chi connectivity index (χ0) is 15.8. The van der Waals surface area contributed by atoms with Gasteiger partial charge in [0.25, 0.3) is 0 Å². The molecule has 0 saturated carbocycles. The van der Waals surface area contributed by atoms with Crippen molar-refractivity contribution in [2.45, 2.75) is 18.9 Å². The van der Waals surface area contributed by atoms with E-state index in [4.69, 9.17) is 4.74 Å². The molecule has 0 unspecified atom stereocenters. The van der Waals surface area contributed by atoms with Crippen LogP contribution in [0.25, 0.3) is 5.70 Å². The standard InChI is InChI=1S/C19H18N2O2/c1-23-16-9-5-4-8-14(16)18-15-11-10-12-6-2-3-7-13(12)17(15)20-19(22)21-18/h2-9,18H,10-11H2,1H3,(H2,20,21,22)/t18-/m1/s1. The molecule has 116 valence electrons. The third kappa shape index (κ3) is 2.27. The van der Waals surface area contributed by atoms with Gasteiger partial charge in [-0.25, -0.2) is 4.79 Å². The smallest absolute Gasteiger partial charge is 0.320 e. The monoisotopic (exact) mass is 306 g/mol. The number of hydrogen-bond acceptors (Lipinski definition) is 2. The molecule has 1 atom stereocenters. The predicted octanol–water partition coefficient (Wildman–Crippen LogP) is 3.41. The van der Waals surface area contributed by atoms with E-state index in [1.165, 1.54) is 11.1 Å². The van der Waals surface area contributed by atoms with Gasteiger partial charge in [0.2, 0.25) is 0 Å². The van der Waals surface area contributed by atoms with Crippen LogP contribution in [0.2, 0.25) is 0 Å². The Morgan fingerprint density at radius 2 is 1.83 bits per heavy atom. The molecule has 2 aliphatic rings. The summed E-state index contributed by atoms with van der Waals surface area (Å²) in [7, 11) is 1.66. The van der Waals surface area contributed by atoms with E-state index < -0.39 is 0 Å². The van der Waals surface area contributed by atoms with E-state index in [-0.39, 0.29) is 12.1 Å². The molecule has 0 spiro atoms. The summed E-state index contributed by atoms with van der Waals surface area (Å²) in [5.74, 6) is 0.797. The predicted molar refractivity (Wildman–Crippen MR) is 89.1 cm³/mol. The Morgan fingerprint density at radius 1 is 1.04 bits per heavy atom. The highest BCUT2D eigenvalue weighted by Crippen LogP contribution is 2.40. The molecular weight excluding hydrogens is 288 g/mol. The highest BCUT2D eigenvalue weighted by molar-refractivity contribution is 5.91. The summed E-state index contributed by atoms with van der Waals surface area (Å²) < 4.78 is 5.49. The minimum Gasteiger partial charge on any atom is -0.496 e. The van der Waals surface area contributed by atoms with Gasteiger partial charge in [0.05, 0.1) is 18.8 Å². The molecule has 2 aromatic carbocycles. The number of hydrogen-bond donors (Lipinski definition) is 2. The molecule has 0 fully saturated rings. The maximum absolute atomic E-state index is 12.2. The van der Waals surface area contributed by atoms with Crippen LogP contribution in [-0.4, -0.2) is 13.1 Å². The lowest BCUT2D eigenvalue weighted by atomic mass is 9.82. The van der Waals surface area contributed by atoms with E-state index in [1.807, 2.05) is 36.4 Å². The number of benzene rings is 2. The van der Waals surface area contributed by atoms with E-state index >= 15 is 0 Å². The molecule has 0 bridgehead atoms. The molecule has 4 nitrogen and oxygen atoms in total. The number of carbonyl (C=O) groups is 1. The van der Waals surface area contributed by atoms with Crippen molar-refractivity contribution in [3.05, 3.63) is 70.8 Å². The lowest BCUT2D eigenvalue weighted by molar-refractivity contribution is 0.240. The van der Waals surface area contributed by atoms with Gasteiger partial charge >= 0.3 is 6.03 Å². The van der Waals surface area contributed by atoms with E-state index in [0.29, 0.717) is 0 Å². The quantitative estimate of drug-likeness (QED) is 0.893. The number of nitrogens with one attached hydrogen (secondary N) is 2. The first-order valence-corrected chi connectivity index (χ1v) is 7.79. The van der Waals surface area contributed by atoms with Gasteiger partial charge in [0.15, 0.2) is 0 Å². The summed E-state index contributed by atoms with van der Waals surface area (Å²) in [6.45, 7) is 0. The Kier molecular flexibility index (Phi) is 3.30. The number of methoxy groups -OCH3 is 1. The fourth-order valence-electron chi connectivity index (χ4n) is 3.52. The Balaban J connectivity index is 1.87. The molecular formula is C19H18N2O2. The summed E-state index contributed by atoms with van der Waals surface area (Å²) in [6.07, 6.45) is 1.90. The largest absolute Gasteiger partial charge is 0.496 e. The molecule has 0 aromatic heterocycles. The normalized spacial score (nSPS) is 19.3. The Hall–Kier alpha value is -2.75. The Labute approximate surface area is 135 Å². The van der Waals surface area contributed by atoms with Crippen molar-refractivity contribution in [3.8, 4) is 5.75 Å². The number of ether oxygens (including phenoxy) is 1. The van der Waals surface area contributed by atoms with Crippen LogP contribution in [-0.2, 0) is 6.42 Å². The second-order valence-electron chi connectivity index (χ2n) is 5.83. The molecule has 23 heavy (non-hydrogen) atoms. The van der Waals surface area contributed by atoms with Gasteiger partial charge in [-0.3, -0.25) is 0 Å². The van der Waals surface area contributed by atoms with Crippen LogP contribution in [0.1, 0.15) is 29.2 Å². The van der Waals surface area contributed by atoms with Crippen molar-refractivity contribution in [2.75, 3.05) is 7.11 Å². The third-order valence-corrected chi connectivity index (χ3v) is 4.58. The number of aryl methyl sites for hydroxylation is 1. The zero-order valence-corrected chi connectivity index (χ0v) is 12.9. The topological polar surface area (TPSA) is 50.4 Å². The molecule has 4 heteroatoms. The van der Waals surface area contributed by atoms with Crippen molar-refractivity contribution in [3.63, 3.8) is 0 Å². The minimum absolute atomic E-state index is 0.150. The van der Waals surface area contributed by atoms with E-state index in [1.54, 1.807) is 7.11 Å². The molecule has 0 radical (unpaired) electrons. The number of amides is 2. The highest BCUT2D eigenvalue weighted by atomic mass is 16.5. The SMILES string of the molecule is COc1ccccc1[C@H]1NC(=O)NC2=C1CCc1ccccc12. The first-order chi connectivity index (χ1) is 11.3. The molecule has 4 rings (SSSR count). The first-order valence-electron chi connectivity index (χ1n) is 7.79. The third-order valence-electron chi connectivity index (χ3n) is 4.58. The Morgan fingerprint density at radius 3 is 2.70 bits per heavy atom. The zero-order valence-electron chi connectivity index (χ0n) is 12.9. The lowest BCUT2D eigenvalue weighted by Gasteiger charge is -2.34. The van der Waals surface area contributed by atoms with Crippen LogP contribution < -0.4 is 15.4 Å². The molecule has 1 aliphatic carbocycles. The fraction of sp³-hybridized carbons (Fsp3) is 0.211. The van der Waals surface area contributed by atoms with Crippen molar-refractivity contribution in [1.29, 1.82) is 0 Å². The van der Waals surface area contributed by atoms with Crippen LogP contribution in [0.3, 0.4) is 0 Å². The summed E-state index contributed by atoms with van der Waals surface area (Å²) in [6, 6.07) is 15.8. The van der Waals surface area contributed by atoms with Gasteiger partial charge in [0.1, 0.15) is 5.75 Å². The molecule has 2 aromatic rings. The first kappa shape index (κ1) is 13.9. The number of carbonyl (C=O) groups excluding carboxylic acids is 1. The minimum atomic E-state index is -0.170. The molecule has 2 N–H and O–H groups in total. The Bertz CT molecular complexity index is 811. The van der Waals surface area contributed by atoms with Crippen molar-refractivity contribution in [1.82, 2.24) is 10.6 Å². The second kappa shape index (κ2) is 5.47. The van der Waals surface area contributed by atoms with Gasteiger partial charge < -0.3 is 15.4 Å². The van der Waals surface area contributed by atoms with Crippen LogP contribution in [0.15, 0.2) is 54.1 Å². The van der Waals surface area contributed by atoms with Crippen LogP contribution in [0.4, 0.5) is 4.79 Å². The fourth-order valence-corrected chi connectivity index (χ4v) is 3.52. The average molecular weight is 306 g/mol. The molecule has 0 saturated heterocycles. The maximum Gasteiger partial charge on any atom is 0.320 e. The van der Waals surface area contributed by atoms with E-state index in [2.05, 4.69) is 22.8 Å². The second-order valence-corrected chi connectivity index (χ2v) is 5.83. The van der Waals surface area contributed by atoms with Crippen LogP contribution in [0, 0.1) is 0 Å². The van der Waals surface area contributed by atoms with Crippen LogP contribution >= 0.6 is 0 Å². The number of fused-ring (bicyclic) bond motifs is 2.